The Labute approximate surface area is 103 Å². The second-order valence-corrected chi connectivity index (χ2v) is 4.33. The van der Waals surface area contributed by atoms with Crippen molar-refractivity contribution in [3.63, 3.8) is 0 Å². The van der Waals surface area contributed by atoms with Crippen molar-refractivity contribution in [1.29, 1.82) is 5.26 Å². The zero-order valence-corrected chi connectivity index (χ0v) is 11.1. The monoisotopic (exact) mass is 235 g/mol. The molecule has 1 rings (SSSR count). The van der Waals surface area contributed by atoms with Gasteiger partial charge in [0.1, 0.15) is 0 Å². The Kier molecular flexibility index (Phi) is 4.38. The normalized spacial score (nSPS) is 10.6. The first kappa shape index (κ1) is 13.4. The van der Waals surface area contributed by atoms with Gasteiger partial charge in [-0.3, -0.25) is 0 Å². The Balaban J connectivity index is 3.13. The fraction of sp³-hybridized carbons (Fsp3) is 0.667. The number of hydrogen-bond donors (Lipinski definition) is 1. The topological polar surface area (TPSA) is 70.9 Å². The fourth-order valence-electron chi connectivity index (χ4n) is 1.89. The van der Waals surface area contributed by atoms with Gasteiger partial charge in [-0.15, -0.1) is 0 Å². The van der Waals surface area contributed by atoms with E-state index in [1.54, 1.807) is 0 Å². The lowest BCUT2D eigenvalue weighted by molar-refractivity contribution is 0.600. The van der Waals surface area contributed by atoms with Gasteiger partial charge in [0, 0.05) is 19.1 Å². The van der Waals surface area contributed by atoms with E-state index in [-0.39, 0.29) is 0 Å². The van der Waals surface area contributed by atoms with E-state index in [0.29, 0.717) is 19.0 Å². The summed E-state index contributed by atoms with van der Waals surface area (Å²) in [5, 5.41) is 13.1. The maximum Gasteiger partial charge on any atom is 0.150 e. The molecule has 2 N–H and O–H groups in total. The maximum absolute atomic E-state index is 8.71. The maximum atomic E-state index is 8.71. The standard InChI is InChI=1S/C12H21N5/c1-5-17-12(11(14)10(4)15-17)16(9(2)3)8-6-7-13/h9H,5-6,8,14H2,1-4H3. The Morgan fingerprint density at radius 1 is 1.53 bits per heavy atom. The summed E-state index contributed by atoms with van der Waals surface area (Å²) in [6, 6.07) is 2.47. The van der Waals surface area contributed by atoms with Crippen molar-refractivity contribution in [1.82, 2.24) is 9.78 Å². The molecule has 1 heterocycles. The van der Waals surface area contributed by atoms with Gasteiger partial charge in [0.2, 0.25) is 0 Å². The molecule has 17 heavy (non-hydrogen) atoms. The van der Waals surface area contributed by atoms with Crippen LogP contribution in [0.3, 0.4) is 0 Å². The smallest absolute Gasteiger partial charge is 0.150 e. The lowest BCUT2D eigenvalue weighted by Crippen LogP contribution is -2.34. The predicted molar refractivity (Wildman–Crippen MR) is 69.8 cm³/mol. The molecule has 1 aromatic heterocycles. The highest BCUT2D eigenvalue weighted by molar-refractivity contribution is 5.66. The number of aromatic nitrogens is 2. The molecule has 0 saturated carbocycles. The second-order valence-electron chi connectivity index (χ2n) is 4.33. The van der Waals surface area contributed by atoms with E-state index in [1.807, 2.05) is 18.5 Å². The minimum atomic E-state index is 0.298. The average molecular weight is 235 g/mol. The third kappa shape index (κ3) is 2.70. The van der Waals surface area contributed by atoms with Gasteiger partial charge in [-0.1, -0.05) is 0 Å². The van der Waals surface area contributed by atoms with Crippen LogP contribution >= 0.6 is 0 Å². The quantitative estimate of drug-likeness (QED) is 0.846. The number of rotatable bonds is 5. The summed E-state index contributed by atoms with van der Waals surface area (Å²) in [7, 11) is 0. The first-order valence-corrected chi connectivity index (χ1v) is 5.99. The van der Waals surface area contributed by atoms with Gasteiger partial charge in [-0.25, -0.2) is 4.68 Å². The van der Waals surface area contributed by atoms with Crippen LogP contribution in [0.4, 0.5) is 11.5 Å². The summed E-state index contributed by atoms with van der Waals surface area (Å²) < 4.78 is 1.90. The molecule has 0 aromatic carbocycles. The number of anilines is 2. The molecular formula is C12H21N5. The molecular weight excluding hydrogens is 214 g/mol. The molecule has 0 aliphatic carbocycles. The number of hydrogen-bond acceptors (Lipinski definition) is 4. The minimum absolute atomic E-state index is 0.298. The Morgan fingerprint density at radius 3 is 2.65 bits per heavy atom. The van der Waals surface area contributed by atoms with Crippen LogP contribution in [0.25, 0.3) is 0 Å². The minimum Gasteiger partial charge on any atom is -0.394 e. The van der Waals surface area contributed by atoms with Crippen LogP contribution in [-0.2, 0) is 6.54 Å². The highest BCUT2D eigenvalue weighted by Crippen LogP contribution is 2.28. The second kappa shape index (κ2) is 5.58. The summed E-state index contributed by atoms with van der Waals surface area (Å²) in [5.74, 6) is 0.940. The van der Waals surface area contributed by atoms with E-state index < -0.39 is 0 Å². The molecule has 0 spiro atoms. The molecule has 0 saturated heterocycles. The van der Waals surface area contributed by atoms with Crippen LogP contribution in [0.2, 0.25) is 0 Å². The third-order valence-corrected chi connectivity index (χ3v) is 2.81. The van der Waals surface area contributed by atoms with Gasteiger partial charge in [0.25, 0.3) is 0 Å². The number of nitrogens with two attached hydrogens (primary N) is 1. The van der Waals surface area contributed by atoms with Crippen LogP contribution < -0.4 is 10.6 Å². The van der Waals surface area contributed by atoms with Gasteiger partial charge >= 0.3 is 0 Å². The molecule has 0 radical (unpaired) electrons. The summed E-state index contributed by atoms with van der Waals surface area (Å²) in [5.41, 5.74) is 7.65. The highest BCUT2D eigenvalue weighted by Gasteiger charge is 2.20. The molecule has 0 fully saturated rings. The molecule has 0 aliphatic heterocycles. The summed E-state index contributed by atoms with van der Waals surface area (Å²) in [6.45, 7) is 9.61. The zero-order valence-electron chi connectivity index (χ0n) is 11.1. The summed E-state index contributed by atoms with van der Waals surface area (Å²) in [6.07, 6.45) is 0.492. The SMILES string of the molecule is CCn1nc(C)c(N)c1N(CCC#N)C(C)C. The van der Waals surface area contributed by atoms with Gasteiger partial charge in [-0.2, -0.15) is 10.4 Å². The molecule has 94 valence electrons. The number of aryl methyl sites for hydroxylation is 2. The lowest BCUT2D eigenvalue weighted by atomic mass is 10.2. The van der Waals surface area contributed by atoms with E-state index >= 15 is 0 Å². The summed E-state index contributed by atoms with van der Waals surface area (Å²) >= 11 is 0. The Morgan fingerprint density at radius 2 is 2.18 bits per heavy atom. The average Bonchev–Trinajstić information content (AvgIpc) is 2.57. The third-order valence-electron chi connectivity index (χ3n) is 2.81. The predicted octanol–water partition coefficient (Wildman–Crippen LogP) is 1.92. The Bertz CT molecular complexity index is 413. The van der Waals surface area contributed by atoms with Crippen molar-refractivity contribution in [2.75, 3.05) is 17.2 Å². The van der Waals surface area contributed by atoms with E-state index in [4.69, 9.17) is 11.0 Å². The van der Waals surface area contributed by atoms with Gasteiger partial charge in [0.05, 0.1) is 23.9 Å². The van der Waals surface area contributed by atoms with Gasteiger partial charge < -0.3 is 10.6 Å². The van der Waals surface area contributed by atoms with Crippen LogP contribution in [0.15, 0.2) is 0 Å². The number of nitrogen functional groups attached to an aromatic ring is 1. The van der Waals surface area contributed by atoms with E-state index in [0.717, 1.165) is 23.7 Å². The van der Waals surface area contributed by atoms with Gasteiger partial charge in [-0.05, 0) is 27.7 Å². The number of nitrogens with zero attached hydrogens (tertiary/aromatic N) is 4. The molecule has 0 amide bonds. The summed E-state index contributed by atoms with van der Waals surface area (Å²) in [4.78, 5) is 2.14. The molecule has 5 heteroatoms. The van der Waals surface area contributed by atoms with Crippen molar-refractivity contribution in [3.05, 3.63) is 5.69 Å². The van der Waals surface area contributed by atoms with E-state index in [9.17, 15) is 0 Å². The molecule has 0 atom stereocenters. The first-order chi connectivity index (χ1) is 8.02. The van der Waals surface area contributed by atoms with Crippen LogP contribution in [0.1, 0.15) is 32.9 Å². The van der Waals surface area contributed by atoms with Crippen molar-refractivity contribution >= 4 is 11.5 Å². The lowest BCUT2D eigenvalue weighted by Gasteiger charge is -2.28. The van der Waals surface area contributed by atoms with Crippen molar-refractivity contribution in [3.8, 4) is 6.07 Å². The molecule has 5 nitrogen and oxygen atoms in total. The van der Waals surface area contributed by atoms with Gasteiger partial charge in [0.15, 0.2) is 5.82 Å². The highest BCUT2D eigenvalue weighted by atomic mass is 15.4. The zero-order chi connectivity index (χ0) is 13.0. The molecule has 0 bridgehead atoms. The van der Waals surface area contributed by atoms with E-state index in [2.05, 4.69) is 29.9 Å². The molecule has 1 aromatic rings. The molecule has 0 aliphatic rings. The van der Waals surface area contributed by atoms with Crippen molar-refractivity contribution < 1.29 is 0 Å². The van der Waals surface area contributed by atoms with Crippen molar-refractivity contribution in [2.24, 2.45) is 0 Å². The van der Waals surface area contributed by atoms with E-state index in [1.165, 1.54) is 0 Å². The van der Waals surface area contributed by atoms with Crippen molar-refractivity contribution in [2.45, 2.75) is 46.7 Å². The first-order valence-electron chi connectivity index (χ1n) is 5.99. The fourth-order valence-corrected chi connectivity index (χ4v) is 1.89. The number of nitriles is 1. The Hall–Kier alpha value is -1.70. The van der Waals surface area contributed by atoms with Crippen LogP contribution in [-0.4, -0.2) is 22.4 Å². The van der Waals surface area contributed by atoms with Crippen LogP contribution in [0.5, 0.6) is 0 Å². The van der Waals surface area contributed by atoms with Crippen LogP contribution in [0, 0.1) is 18.3 Å². The molecule has 0 unspecified atom stereocenters. The largest absolute Gasteiger partial charge is 0.394 e.